The molecule has 0 N–H and O–H groups in total. The number of carbonyl (C=O) groups is 1. The lowest BCUT2D eigenvalue weighted by molar-refractivity contribution is -0.134. The van der Waals surface area contributed by atoms with Crippen LogP contribution in [-0.2, 0) is 11.8 Å². The molecule has 1 aromatic heterocycles. The van der Waals surface area contributed by atoms with Crippen molar-refractivity contribution in [3.05, 3.63) is 96.3 Å². The molecule has 4 nitrogen and oxygen atoms in total. The number of hydrogen-bond acceptors (Lipinski definition) is 3. The molecule has 0 fully saturated rings. The summed E-state index contributed by atoms with van der Waals surface area (Å²) in [4.78, 5) is 17.0. The molecule has 0 saturated heterocycles. The third-order valence-electron chi connectivity index (χ3n) is 4.70. The molecule has 134 valence electrons. The molecule has 0 atom stereocenters. The summed E-state index contributed by atoms with van der Waals surface area (Å²) in [5.74, 6) is 0.215. The van der Waals surface area contributed by atoms with Crippen LogP contribution in [0.15, 0.2) is 85.2 Å². The summed E-state index contributed by atoms with van der Waals surface area (Å²) < 4.78 is 7.55. The number of aromatic nitrogens is 2. The van der Waals surface area contributed by atoms with Gasteiger partial charge in [0.25, 0.3) is 0 Å². The van der Waals surface area contributed by atoms with Gasteiger partial charge in [-0.05, 0) is 23.3 Å². The predicted molar refractivity (Wildman–Crippen MR) is 106 cm³/mol. The van der Waals surface area contributed by atoms with Crippen molar-refractivity contribution in [1.29, 1.82) is 0 Å². The van der Waals surface area contributed by atoms with Crippen LogP contribution in [0.1, 0.15) is 23.5 Å². The van der Waals surface area contributed by atoms with Gasteiger partial charge in [0, 0.05) is 19.0 Å². The second-order valence-electron chi connectivity index (χ2n) is 6.56. The lowest BCUT2D eigenvalue weighted by atomic mass is 9.89. The molecule has 0 aliphatic carbocycles. The smallest absolute Gasteiger partial charge is 0.312 e. The monoisotopic (exact) mass is 356 g/mol. The van der Waals surface area contributed by atoms with Gasteiger partial charge in [-0.2, -0.15) is 0 Å². The molecule has 0 aliphatic rings. The third kappa shape index (κ3) is 3.75. The number of hydrogen-bond donors (Lipinski definition) is 0. The second-order valence-corrected chi connectivity index (χ2v) is 6.56. The van der Waals surface area contributed by atoms with Gasteiger partial charge in [0.05, 0.1) is 23.8 Å². The van der Waals surface area contributed by atoms with E-state index in [4.69, 9.17) is 4.74 Å². The highest BCUT2D eigenvalue weighted by Gasteiger charge is 2.19. The van der Waals surface area contributed by atoms with Crippen molar-refractivity contribution in [2.75, 3.05) is 0 Å². The number of nitrogens with zero attached hydrogens (tertiary/aromatic N) is 2. The molecule has 4 heteroatoms. The van der Waals surface area contributed by atoms with Crippen LogP contribution < -0.4 is 4.74 Å². The van der Waals surface area contributed by atoms with Crippen LogP contribution in [-0.4, -0.2) is 15.5 Å². The minimum absolute atomic E-state index is 0.0431. The molecule has 0 radical (unpaired) electrons. The first-order valence-electron chi connectivity index (χ1n) is 8.92. The number of rotatable bonds is 5. The van der Waals surface area contributed by atoms with E-state index < -0.39 is 0 Å². The van der Waals surface area contributed by atoms with Gasteiger partial charge in [-0.3, -0.25) is 4.79 Å². The first-order valence-corrected chi connectivity index (χ1v) is 8.92. The van der Waals surface area contributed by atoms with Crippen molar-refractivity contribution >= 4 is 17.0 Å². The Morgan fingerprint density at radius 3 is 2.22 bits per heavy atom. The molecule has 1 heterocycles. The normalized spacial score (nSPS) is 11.0. The van der Waals surface area contributed by atoms with E-state index in [0.717, 1.165) is 22.2 Å². The highest BCUT2D eigenvalue weighted by molar-refractivity contribution is 5.79. The standard InChI is InChI=1S/C23H20N2O2/c1-25-16-24-21-14-19(12-13-22(21)25)27-23(26)15-20(17-8-4-2-5-9-17)18-10-6-3-7-11-18/h2-14,16,20H,15H2,1H3. The molecule has 3 aromatic carbocycles. The highest BCUT2D eigenvalue weighted by atomic mass is 16.5. The summed E-state index contributed by atoms with van der Waals surface area (Å²) in [5.41, 5.74) is 4.01. The molecule has 0 amide bonds. The fraction of sp³-hybridized carbons (Fsp3) is 0.130. The van der Waals surface area contributed by atoms with Crippen molar-refractivity contribution in [3.63, 3.8) is 0 Å². The summed E-state index contributed by atoms with van der Waals surface area (Å²) in [6, 6.07) is 25.6. The number of benzene rings is 3. The Morgan fingerprint density at radius 1 is 0.963 bits per heavy atom. The van der Waals surface area contributed by atoms with Crippen molar-refractivity contribution in [2.24, 2.45) is 7.05 Å². The Labute approximate surface area is 158 Å². The fourth-order valence-corrected chi connectivity index (χ4v) is 3.32. The zero-order valence-corrected chi connectivity index (χ0v) is 15.1. The van der Waals surface area contributed by atoms with Crippen LogP contribution in [0.4, 0.5) is 0 Å². The molecule has 4 rings (SSSR count). The summed E-state index contributed by atoms with van der Waals surface area (Å²) >= 11 is 0. The lowest BCUT2D eigenvalue weighted by Gasteiger charge is -2.17. The Bertz CT molecular complexity index is 1020. The molecule has 27 heavy (non-hydrogen) atoms. The minimum atomic E-state index is -0.261. The number of imidazole rings is 1. The molecule has 0 bridgehead atoms. The molecular formula is C23H20N2O2. The first-order chi connectivity index (χ1) is 13.2. The van der Waals surface area contributed by atoms with Gasteiger partial charge in [-0.25, -0.2) is 4.98 Å². The molecular weight excluding hydrogens is 336 g/mol. The molecule has 0 saturated carbocycles. The van der Waals surface area contributed by atoms with E-state index in [0.29, 0.717) is 5.75 Å². The van der Waals surface area contributed by atoms with Gasteiger partial charge in [0.15, 0.2) is 0 Å². The van der Waals surface area contributed by atoms with Gasteiger partial charge in [-0.1, -0.05) is 60.7 Å². The van der Waals surface area contributed by atoms with Crippen LogP contribution in [0, 0.1) is 0 Å². The Morgan fingerprint density at radius 2 is 1.59 bits per heavy atom. The highest BCUT2D eigenvalue weighted by Crippen LogP contribution is 2.29. The molecule has 0 aliphatic heterocycles. The van der Waals surface area contributed by atoms with Crippen LogP contribution in [0.25, 0.3) is 11.0 Å². The van der Waals surface area contributed by atoms with E-state index in [1.165, 1.54) is 0 Å². The first kappa shape index (κ1) is 17.0. The number of aryl methyl sites for hydroxylation is 1. The van der Waals surface area contributed by atoms with E-state index in [1.807, 2.05) is 84.4 Å². The van der Waals surface area contributed by atoms with Crippen molar-refractivity contribution in [1.82, 2.24) is 9.55 Å². The van der Waals surface area contributed by atoms with E-state index in [2.05, 4.69) is 4.98 Å². The maximum Gasteiger partial charge on any atom is 0.312 e. The van der Waals surface area contributed by atoms with E-state index in [-0.39, 0.29) is 18.3 Å². The molecule has 0 unspecified atom stereocenters. The number of carbonyl (C=O) groups excluding carboxylic acids is 1. The summed E-state index contributed by atoms with van der Waals surface area (Å²) in [6.07, 6.45) is 2.02. The van der Waals surface area contributed by atoms with Crippen molar-refractivity contribution in [2.45, 2.75) is 12.3 Å². The van der Waals surface area contributed by atoms with E-state index in [1.54, 1.807) is 12.4 Å². The average Bonchev–Trinajstić information content (AvgIpc) is 3.08. The van der Waals surface area contributed by atoms with Crippen molar-refractivity contribution in [3.8, 4) is 5.75 Å². The van der Waals surface area contributed by atoms with Gasteiger partial charge in [0.2, 0.25) is 0 Å². The number of fused-ring (bicyclic) bond motifs is 1. The summed E-state index contributed by atoms with van der Waals surface area (Å²) in [7, 11) is 1.94. The van der Waals surface area contributed by atoms with E-state index >= 15 is 0 Å². The Balaban J connectivity index is 1.56. The molecule has 4 aromatic rings. The third-order valence-corrected chi connectivity index (χ3v) is 4.70. The van der Waals surface area contributed by atoms with Gasteiger partial charge < -0.3 is 9.30 Å². The van der Waals surface area contributed by atoms with Crippen LogP contribution >= 0.6 is 0 Å². The van der Waals surface area contributed by atoms with Crippen LogP contribution in [0.5, 0.6) is 5.75 Å². The van der Waals surface area contributed by atoms with Gasteiger partial charge in [-0.15, -0.1) is 0 Å². The largest absolute Gasteiger partial charge is 0.426 e. The zero-order chi connectivity index (χ0) is 18.6. The summed E-state index contributed by atoms with van der Waals surface area (Å²) in [5, 5.41) is 0. The number of esters is 1. The SMILES string of the molecule is Cn1cnc2cc(OC(=O)CC(c3ccccc3)c3ccccc3)ccc21. The maximum absolute atomic E-state index is 12.7. The molecule has 0 spiro atoms. The van der Waals surface area contributed by atoms with E-state index in [9.17, 15) is 4.79 Å². The zero-order valence-electron chi connectivity index (χ0n) is 15.1. The lowest BCUT2D eigenvalue weighted by Crippen LogP contribution is -2.14. The van der Waals surface area contributed by atoms with Crippen molar-refractivity contribution < 1.29 is 9.53 Å². The Kier molecular flexibility index (Phi) is 4.71. The maximum atomic E-state index is 12.7. The van der Waals surface area contributed by atoms with Crippen LogP contribution in [0.3, 0.4) is 0 Å². The van der Waals surface area contributed by atoms with Gasteiger partial charge in [0.1, 0.15) is 5.75 Å². The quantitative estimate of drug-likeness (QED) is 0.384. The summed E-state index contributed by atoms with van der Waals surface area (Å²) in [6.45, 7) is 0. The van der Waals surface area contributed by atoms with Crippen LogP contribution in [0.2, 0.25) is 0 Å². The average molecular weight is 356 g/mol. The Hall–Kier alpha value is -3.40. The minimum Gasteiger partial charge on any atom is -0.426 e. The predicted octanol–water partition coefficient (Wildman–Crippen LogP) is 4.70. The number of ether oxygens (including phenoxy) is 1. The van der Waals surface area contributed by atoms with Gasteiger partial charge >= 0.3 is 5.97 Å². The fourth-order valence-electron chi connectivity index (χ4n) is 3.32. The topological polar surface area (TPSA) is 44.1 Å². The second kappa shape index (κ2) is 7.46.